The van der Waals surface area contributed by atoms with Gasteiger partial charge in [-0.3, -0.25) is 10.1 Å². The number of nitrogens with zero attached hydrogens (tertiary/aromatic N) is 2. The summed E-state index contributed by atoms with van der Waals surface area (Å²) in [7, 11) is -4.45. The Labute approximate surface area is 136 Å². The van der Waals surface area contributed by atoms with Crippen LogP contribution >= 0.6 is 0 Å². The third-order valence-electron chi connectivity index (χ3n) is 4.04. The Morgan fingerprint density at radius 1 is 1.33 bits per heavy atom. The highest BCUT2D eigenvalue weighted by Gasteiger charge is 2.42. The fourth-order valence-electron chi connectivity index (χ4n) is 2.57. The summed E-state index contributed by atoms with van der Waals surface area (Å²) < 4.78 is 66.2. The molecule has 1 N–H and O–H groups in total. The second-order valence-electron chi connectivity index (χ2n) is 5.53. The fourth-order valence-corrected chi connectivity index (χ4v) is 4.47. The average Bonchev–Trinajstić information content (AvgIpc) is 2.48. The molecule has 0 aromatic heterocycles. The quantitative estimate of drug-likeness (QED) is 0.651. The van der Waals surface area contributed by atoms with Crippen molar-refractivity contribution in [2.45, 2.75) is 37.0 Å². The molecule has 7 nitrogen and oxygen atoms in total. The van der Waals surface area contributed by atoms with Crippen LogP contribution in [0.3, 0.4) is 0 Å². The zero-order valence-corrected chi connectivity index (χ0v) is 13.7. The van der Waals surface area contributed by atoms with Gasteiger partial charge in [-0.2, -0.15) is 17.5 Å². The molecule has 2 rings (SSSR count). The Kier molecular flexibility index (Phi) is 4.88. The average molecular weight is 367 g/mol. The SMILES string of the molecule is CC1NCCN(S(=O)(=O)c2ccc([N+](=O)[O-])cc2C(F)(F)F)C1C. The Bertz CT molecular complexity index is 751. The van der Waals surface area contributed by atoms with Crippen LogP contribution in [0.5, 0.6) is 0 Å². The van der Waals surface area contributed by atoms with E-state index in [2.05, 4.69) is 5.32 Å². The van der Waals surface area contributed by atoms with Gasteiger partial charge in [0.25, 0.3) is 5.69 Å². The number of rotatable bonds is 3. The Balaban J connectivity index is 2.60. The lowest BCUT2D eigenvalue weighted by molar-refractivity contribution is -0.385. The van der Waals surface area contributed by atoms with Crippen LogP contribution in [0.2, 0.25) is 0 Å². The first-order valence-corrected chi connectivity index (χ1v) is 8.51. The Morgan fingerprint density at radius 3 is 2.50 bits per heavy atom. The molecule has 0 radical (unpaired) electrons. The summed E-state index contributed by atoms with van der Waals surface area (Å²) in [5, 5.41) is 13.7. The molecule has 2 unspecified atom stereocenters. The number of halogens is 3. The summed E-state index contributed by atoms with van der Waals surface area (Å²) in [5.41, 5.74) is -2.35. The predicted molar refractivity (Wildman–Crippen MR) is 78.9 cm³/mol. The van der Waals surface area contributed by atoms with Crippen molar-refractivity contribution < 1.29 is 26.5 Å². The van der Waals surface area contributed by atoms with E-state index in [1.54, 1.807) is 13.8 Å². The molecule has 1 aliphatic rings. The van der Waals surface area contributed by atoms with Gasteiger partial charge in [-0.15, -0.1) is 0 Å². The van der Waals surface area contributed by atoms with Crippen molar-refractivity contribution in [3.8, 4) is 0 Å². The van der Waals surface area contributed by atoms with Gasteiger partial charge in [-0.1, -0.05) is 0 Å². The van der Waals surface area contributed by atoms with Crippen LogP contribution in [-0.2, 0) is 16.2 Å². The minimum Gasteiger partial charge on any atom is -0.311 e. The molecule has 0 spiro atoms. The van der Waals surface area contributed by atoms with Gasteiger partial charge < -0.3 is 5.32 Å². The zero-order valence-electron chi connectivity index (χ0n) is 12.9. The maximum atomic E-state index is 13.2. The van der Waals surface area contributed by atoms with Crippen molar-refractivity contribution in [3.63, 3.8) is 0 Å². The van der Waals surface area contributed by atoms with Crippen molar-refractivity contribution in [3.05, 3.63) is 33.9 Å². The van der Waals surface area contributed by atoms with Crippen molar-refractivity contribution in [1.29, 1.82) is 0 Å². The molecule has 2 atom stereocenters. The maximum Gasteiger partial charge on any atom is 0.417 e. The third kappa shape index (κ3) is 3.37. The van der Waals surface area contributed by atoms with Gasteiger partial charge in [-0.25, -0.2) is 8.42 Å². The maximum absolute atomic E-state index is 13.2. The first-order chi connectivity index (χ1) is 11.0. The molecular formula is C13H16F3N3O4S. The van der Waals surface area contributed by atoms with Gasteiger partial charge in [-0.05, 0) is 19.9 Å². The van der Waals surface area contributed by atoms with Crippen molar-refractivity contribution >= 4 is 15.7 Å². The van der Waals surface area contributed by atoms with Gasteiger partial charge >= 0.3 is 6.18 Å². The van der Waals surface area contributed by atoms with Gasteiger partial charge in [0, 0.05) is 37.3 Å². The number of sulfonamides is 1. The molecule has 1 aromatic rings. The molecular weight excluding hydrogens is 351 g/mol. The number of nitrogens with one attached hydrogen (secondary N) is 1. The zero-order chi connectivity index (χ0) is 18.3. The molecule has 1 aromatic carbocycles. The summed E-state index contributed by atoms with van der Waals surface area (Å²) in [5.74, 6) is 0. The highest BCUT2D eigenvalue weighted by Crippen LogP contribution is 2.38. The molecule has 0 aliphatic carbocycles. The van der Waals surface area contributed by atoms with Crippen molar-refractivity contribution in [2.75, 3.05) is 13.1 Å². The van der Waals surface area contributed by atoms with E-state index in [9.17, 15) is 31.7 Å². The van der Waals surface area contributed by atoms with Gasteiger partial charge in [0.15, 0.2) is 0 Å². The van der Waals surface area contributed by atoms with E-state index in [0.717, 1.165) is 10.4 Å². The highest BCUT2D eigenvalue weighted by molar-refractivity contribution is 7.89. The largest absolute Gasteiger partial charge is 0.417 e. The first kappa shape index (κ1) is 18.6. The van der Waals surface area contributed by atoms with E-state index >= 15 is 0 Å². The molecule has 134 valence electrons. The van der Waals surface area contributed by atoms with E-state index in [1.807, 2.05) is 0 Å². The lowest BCUT2D eigenvalue weighted by atomic mass is 10.1. The standard InChI is InChI=1S/C13H16F3N3O4S/c1-8-9(2)18(6-5-17-8)24(22,23)12-4-3-10(19(20)21)7-11(12)13(14,15)16/h3-4,7-9,17H,5-6H2,1-2H3. The molecule has 1 saturated heterocycles. The number of nitro benzene ring substituents is 1. The third-order valence-corrected chi connectivity index (χ3v) is 6.09. The van der Waals surface area contributed by atoms with E-state index in [0.29, 0.717) is 12.6 Å². The fraction of sp³-hybridized carbons (Fsp3) is 0.538. The first-order valence-electron chi connectivity index (χ1n) is 7.07. The number of alkyl halides is 3. The van der Waals surface area contributed by atoms with Crippen LogP contribution < -0.4 is 5.32 Å². The number of non-ortho nitro benzene ring substituents is 1. The molecule has 0 amide bonds. The van der Waals surface area contributed by atoms with Crippen LogP contribution in [0.25, 0.3) is 0 Å². The summed E-state index contributed by atoms with van der Waals surface area (Å²) in [6.45, 7) is 3.64. The minimum atomic E-state index is -5.03. The molecule has 11 heteroatoms. The lowest BCUT2D eigenvalue weighted by Gasteiger charge is -2.37. The van der Waals surface area contributed by atoms with Crippen LogP contribution in [0.1, 0.15) is 19.4 Å². The lowest BCUT2D eigenvalue weighted by Crippen LogP contribution is -2.57. The Morgan fingerprint density at radius 2 is 1.96 bits per heavy atom. The number of benzene rings is 1. The second kappa shape index (κ2) is 6.30. The number of hydrogen-bond acceptors (Lipinski definition) is 5. The number of nitro groups is 1. The summed E-state index contributed by atoms with van der Waals surface area (Å²) in [6.07, 6.45) is -5.03. The number of piperazine rings is 1. The monoisotopic (exact) mass is 367 g/mol. The smallest absolute Gasteiger partial charge is 0.311 e. The number of hydrogen-bond donors (Lipinski definition) is 1. The topological polar surface area (TPSA) is 92.6 Å². The summed E-state index contributed by atoms with van der Waals surface area (Å²) in [4.78, 5) is 8.74. The van der Waals surface area contributed by atoms with Crippen LogP contribution in [0.4, 0.5) is 18.9 Å². The minimum absolute atomic E-state index is 0.0160. The van der Waals surface area contributed by atoms with Crippen LogP contribution in [-0.4, -0.2) is 42.8 Å². The van der Waals surface area contributed by atoms with Gasteiger partial charge in [0.1, 0.15) is 0 Å². The van der Waals surface area contributed by atoms with Gasteiger partial charge in [0.2, 0.25) is 10.0 Å². The van der Waals surface area contributed by atoms with E-state index < -0.39 is 43.3 Å². The van der Waals surface area contributed by atoms with Crippen LogP contribution in [0.15, 0.2) is 23.1 Å². The second-order valence-corrected chi connectivity index (χ2v) is 7.39. The van der Waals surface area contributed by atoms with Crippen LogP contribution in [0, 0.1) is 10.1 Å². The molecule has 1 fully saturated rings. The molecule has 1 heterocycles. The van der Waals surface area contributed by atoms with Crippen molar-refractivity contribution in [2.24, 2.45) is 0 Å². The van der Waals surface area contributed by atoms with E-state index in [4.69, 9.17) is 0 Å². The van der Waals surface area contributed by atoms with Gasteiger partial charge in [0.05, 0.1) is 15.4 Å². The summed E-state index contributed by atoms with van der Waals surface area (Å²) >= 11 is 0. The predicted octanol–water partition coefficient (Wildman–Crippen LogP) is 1.98. The van der Waals surface area contributed by atoms with E-state index in [-0.39, 0.29) is 18.7 Å². The molecule has 0 saturated carbocycles. The molecule has 24 heavy (non-hydrogen) atoms. The molecule has 1 aliphatic heterocycles. The highest BCUT2D eigenvalue weighted by atomic mass is 32.2. The van der Waals surface area contributed by atoms with Crippen molar-refractivity contribution in [1.82, 2.24) is 9.62 Å². The summed E-state index contributed by atoms with van der Waals surface area (Å²) in [6, 6.07) is 0.873. The molecule has 0 bridgehead atoms. The Hall–Kier alpha value is -1.72. The normalized spacial score (nSPS) is 23.2. The van der Waals surface area contributed by atoms with E-state index in [1.165, 1.54) is 0 Å².